The molecule has 0 amide bonds. The number of carboxylic acid groups (broad SMARTS) is 1. The van der Waals surface area contributed by atoms with Gasteiger partial charge in [0, 0.05) is 12.7 Å². The second-order valence-electron chi connectivity index (χ2n) is 8.25. The average Bonchev–Trinajstić information content (AvgIpc) is 2.87. The van der Waals surface area contributed by atoms with Gasteiger partial charge in [0.25, 0.3) is 11.6 Å². The zero-order chi connectivity index (χ0) is 29.9. The molecule has 19 heteroatoms. The highest BCUT2D eigenvalue weighted by Crippen LogP contribution is 2.32. The van der Waals surface area contributed by atoms with E-state index in [1.807, 2.05) is 0 Å². The van der Waals surface area contributed by atoms with Crippen molar-refractivity contribution in [3.8, 4) is 11.8 Å². The molecule has 1 aliphatic heterocycles. The number of carbonyl (C=O) groups is 1. The first-order valence-electron chi connectivity index (χ1n) is 10.8. The van der Waals surface area contributed by atoms with Crippen LogP contribution in [0.1, 0.15) is 18.4 Å². The molecule has 0 fully saturated rings. The highest BCUT2D eigenvalue weighted by Gasteiger charge is 2.46. The first-order chi connectivity index (χ1) is 18.6. The van der Waals surface area contributed by atoms with E-state index in [4.69, 9.17) is 15.8 Å². The maximum Gasteiger partial charge on any atom is 0.352 e. The van der Waals surface area contributed by atoms with Crippen LogP contribution in [0, 0.1) is 37.5 Å². The third-order valence-electron chi connectivity index (χ3n) is 5.56. The Labute approximate surface area is 226 Å². The second-order valence-corrected chi connectivity index (χ2v) is 11.3. The van der Waals surface area contributed by atoms with Crippen molar-refractivity contribution in [2.75, 3.05) is 6.26 Å². The van der Waals surface area contributed by atoms with Gasteiger partial charge >= 0.3 is 11.7 Å². The van der Waals surface area contributed by atoms with Gasteiger partial charge in [-0.1, -0.05) is 17.7 Å². The molecule has 0 bridgehead atoms. The predicted octanol–water partition coefficient (Wildman–Crippen LogP) is 0.278. The van der Waals surface area contributed by atoms with E-state index in [-0.39, 0.29) is 27.4 Å². The SMILES string of the molecule is CS(=O)(=O)C1N=C(C(CC2=CCC(=S(=O)=O)C=C2)C(=O)O)C([N+](=O)[O-])=C(Oc2ccc(C#N)c([N+](=O)[O-])c2)N1N. The Morgan fingerprint density at radius 2 is 2.00 bits per heavy atom. The number of hydrogen-bond donors (Lipinski definition) is 2. The highest BCUT2D eigenvalue weighted by atomic mass is 32.2. The number of aliphatic carboxylic acids is 1. The fourth-order valence-corrected chi connectivity index (χ4v) is 4.93. The third-order valence-corrected chi connectivity index (χ3v) is 7.39. The number of nitrogens with zero attached hydrogens (tertiary/aromatic N) is 5. The number of nitro benzene ring substituents is 1. The highest BCUT2D eigenvalue weighted by molar-refractivity contribution is 7.91. The molecule has 3 rings (SSSR count). The standard InChI is InChI=1S/C21H18N6O11S2/c1-40(36,37)21-24-17(15(20(28)29)8-11-2-6-14(7-3-11)39(34)35)18(27(32)33)19(25(21)23)38-13-5-4-12(10-22)16(9-13)26(30)31/h2-6,9,15,21H,7-8,23H2,1H3,(H,28,29). The number of rotatable bonds is 9. The van der Waals surface area contributed by atoms with Crippen molar-refractivity contribution in [1.29, 1.82) is 5.26 Å². The van der Waals surface area contributed by atoms with Gasteiger partial charge in [-0.25, -0.2) is 24.3 Å². The van der Waals surface area contributed by atoms with Crippen molar-refractivity contribution in [2.24, 2.45) is 16.8 Å². The minimum atomic E-state index is -4.29. The average molecular weight is 595 g/mol. The normalized spacial score (nSPS) is 17.9. The molecule has 0 saturated carbocycles. The van der Waals surface area contributed by atoms with Crippen molar-refractivity contribution in [1.82, 2.24) is 5.01 Å². The molecule has 0 saturated heterocycles. The number of sulfone groups is 1. The summed E-state index contributed by atoms with van der Waals surface area (Å²) in [5, 5.41) is 42.8. The molecule has 1 aliphatic carbocycles. The maximum atomic E-state index is 12.5. The zero-order valence-corrected chi connectivity index (χ0v) is 21.8. The topological polar surface area (TPSA) is 266 Å². The van der Waals surface area contributed by atoms with E-state index < -0.39 is 82.5 Å². The fraction of sp³-hybridized carbons (Fsp3) is 0.238. The molecule has 1 aromatic carbocycles. The molecule has 3 N–H and O–H groups in total. The molecule has 40 heavy (non-hydrogen) atoms. The van der Waals surface area contributed by atoms with E-state index >= 15 is 0 Å². The van der Waals surface area contributed by atoms with Gasteiger partial charge in [-0.3, -0.25) is 25.0 Å². The molecule has 2 unspecified atom stereocenters. The third kappa shape index (κ3) is 6.20. The Bertz CT molecular complexity index is 1730. The summed E-state index contributed by atoms with van der Waals surface area (Å²) in [6.45, 7) is 0. The number of nitrogens with two attached hydrogens (primary N) is 1. The molecule has 210 valence electrons. The van der Waals surface area contributed by atoms with E-state index in [0.717, 1.165) is 18.2 Å². The van der Waals surface area contributed by atoms with Gasteiger partial charge in [-0.05, 0) is 24.6 Å². The lowest BCUT2D eigenvalue weighted by Gasteiger charge is -2.31. The Morgan fingerprint density at radius 3 is 2.48 bits per heavy atom. The molecule has 1 aromatic rings. The summed E-state index contributed by atoms with van der Waals surface area (Å²) in [5.41, 5.74) is -4.88. The Hall–Kier alpha value is -4.93. The van der Waals surface area contributed by atoms with Gasteiger partial charge in [-0.2, -0.15) is 13.7 Å². The number of nitriles is 1. The van der Waals surface area contributed by atoms with E-state index in [9.17, 15) is 47.0 Å². The summed E-state index contributed by atoms with van der Waals surface area (Å²) < 4.78 is 52.7. The van der Waals surface area contributed by atoms with Crippen molar-refractivity contribution >= 4 is 42.4 Å². The number of nitro groups is 2. The van der Waals surface area contributed by atoms with Gasteiger partial charge in [0.1, 0.15) is 29.0 Å². The van der Waals surface area contributed by atoms with Gasteiger partial charge in [0.2, 0.25) is 15.8 Å². The number of benzene rings is 1. The summed E-state index contributed by atoms with van der Waals surface area (Å²) in [7, 11) is -6.81. The van der Waals surface area contributed by atoms with Crippen LogP contribution in [0.25, 0.3) is 0 Å². The quantitative estimate of drug-likeness (QED) is 0.168. The number of ether oxygens (including phenoxy) is 1. The van der Waals surface area contributed by atoms with Crippen LogP contribution in [0.2, 0.25) is 0 Å². The van der Waals surface area contributed by atoms with E-state index in [2.05, 4.69) is 4.99 Å². The first-order valence-corrected chi connectivity index (χ1v) is 13.8. The summed E-state index contributed by atoms with van der Waals surface area (Å²) in [4.78, 5) is 37.6. The van der Waals surface area contributed by atoms with Gasteiger partial charge in [0.15, 0.2) is 9.84 Å². The zero-order valence-electron chi connectivity index (χ0n) is 20.2. The van der Waals surface area contributed by atoms with Crippen LogP contribution in [0.3, 0.4) is 0 Å². The summed E-state index contributed by atoms with van der Waals surface area (Å²) in [6, 6.07) is 4.35. The molecule has 17 nitrogen and oxygen atoms in total. The number of aliphatic imine (C=N–C) groups is 1. The summed E-state index contributed by atoms with van der Waals surface area (Å²) >= 11 is 0. The van der Waals surface area contributed by atoms with E-state index in [0.29, 0.717) is 6.26 Å². The largest absolute Gasteiger partial charge is 0.481 e. The molecular weight excluding hydrogens is 576 g/mol. The molecule has 2 aliphatic rings. The van der Waals surface area contributed by atoms with Crippen molar-refractivity contribution in [3.63, 3.8) is 0 Å². The van der Waals surface area contributed by atoms with Gasteiger partial charge in [0.05, 0.1) is 20.8 Å². The van der Waals surface area contributed by atoms with Gasteiger partial charge in [-0.15, -0.1) is 0 Å². The molecule has 0 aromatic heterocycles. The minimum absolute atomic E-state index is 0.0135. The minimum Gasteiger partial charge on any atom is -0.481 e. The monoisotopic (exact) mass is 594 g/mol. The lowest BCUT2D eigenvalue weighted by molar-refractivity contribution is -0.420. The Morgan fingerprint density at radius 1 is 1.32 bits per heavy atom. The van der Waals surface area contributed by atoms with Crippen LogP contribution in [-0.4, -0.2) is 65.1 Å². The van der Waals surface area contributed by atoms with E-state index in [1.165, 1.54) is 18.2 Å². The first kappa shape index (κ1) is 29.6. The number of carboxylic acids is 1. The molecular formula is C21H18N6O11S2. The smallest absolute Gasteiger partial charge is 0.352 e. The van der Waals surface area contributed by atoms with Crippen LogP contribution >= 0.6 is 0 Å². The van der Waals surface area contributed by atoms with Crippen LogP contribution in [0.4, 0.5) is 5.69 Å². The van der Waals surface area contributed by atoms with Crippen LogP contribution in [0.15, 0.2) is 58.6 Å². The molecule has 0 radical (unpaired) electrons. The van der Waals surface area contributed by atoms with Crippen LogP contribution < -0.4 is 10.6 Å². The van der Waals surface area contributed by atoms with Crippen molar-refractivity contribution in [2.45, 2.75) is 18.3 Å². The van der Waals surface area contributed by atoms with Crippen molar-refractivity contribution < 1.29 is 41.3 Å². The molecule has 0 spiro atoms. The molecule has 2 atom stereocenters. The summed E-state index contributed by atoms with van der Waals surface area (Å²) in [6.07, 6.45) is 4.04. The lowest BCUT2D eigenvalue weighted by atomic mass is 9.90. The lowest BCUT2D eigenvalue weighted by Crippen LogP contribution is -2.51. The number of hydrogen-bond acceptors (Lipinski definition) is 14. The van der Waals surface area contributed by atoms with Gasteiger partial charge < -0.3 is 9.84 Å². The van der Waals surface area contributed by atoms with E-state index in [1.54, 1.807) is 6.07 Å². The second kappa shape index (κ2) is 11.4. The van der Waals surface area contributed by atoms with Crippen molar-refractivity contribution in [3.05, 3.63) is 79.4 Å². The van der Waals surface area contributed by atoms with Crippen LogP contribution in [0.5, 0.6) is 5.75 Å². The Balaban J connectivity index is 2.20. The maximum absolute atomic E-state index is 12.5. The molecule has 1 heterocycles. The number of allylic oxidation sites excluding steroid dienone is 5. The summed E-state index contributed by atoms with van der Waals surface area (Å²) in [5.74, 6) is 0.938. The predicted molar refractivity (Wildman–Crippen MR) is 136 cm³/mol. The van der Waals surface area contributed by atoms with Crippen LogP contribution in [-0.2, 0) is 24.9 Å². The Kier molecular flexibility index (Phi) is 8.47. The fourth-order valence-electron chi connectivity index (χ4n) is 3.72. The number of hydrazine groups is 1.